The van der Waals surface area contributed by atoms with Crippen LogP contribution in [0.5, 0.6) is 0 Å². The van der Waals surface area contributed by atoms with Crippen LogP contribution in [0, 0.1) is 5.82 Å². The summed E-state index contributed by atoms with van der Waals surface area (Å²) in [6.45, 7) is 0. The van der Waals surface area contributed by atoms with E-state index in [-0.39, 0.29) is 11.7 Å². The van der Waals surface area contributed by atoms with E-state index in [1.807, 2.05) is 18.2 Å². The summed E-state index contributed by atoms with van der Waals surface area (Å²) in [5.74, 6) is 0.926. The van der Waals surface area contributed by atoms with E-state index in [0.717, 1.165) is 54.7 Å². The lowest BCUT2D eigenvalue weighted by atomic mass is 9.64. The number of amides is 1. The lowest BCUT2D eigenvalue weighted by Gasteiger charge is -2.40. The van der Waals surface area contributed by atoms with Crippen molar-refractivity contribution in [2.75, 3.05) is 5.32 Å². The van der Waals surface area contributed by atoms with Crippen molar-refractivity contribution in [3.63, 3.8) is 0 Å². The molecule has 1 aromatic heterocycles. The summed E-state index contributed by atoms with van der Waals surface area (Å²) < 4.78 is 19.0. The highest BCUT2D eigenvalue weighted by Crippen LogP contribution is 2.45. The fourth-order valence-corrected chi connectivity index (χ4v) is 3.72. The first kappa shape index (κ1) is 15.6. The smallest absolute Gasteiger partial charge is 0.235 e. The van der Waals surface area contributed by atoms with Crippen molar-refractivity contribution in [3.8, 4) is 0 Å². The molecule has 2 aliphatic carbocycles. The number of aromatic nitrogens is 1. The maximum absolute atomic E-state index is 13.2. The van der Waals surface area contributed by atoms with Gasteiger partial charge in [-0.25, -0.2) is 9.37 Å². The van der Waals surface area contributed by atoms with Gasteiger partial charge in [0, 0.05) is 11.6 Å². The molecule has 3 aromatic rings. The number of hydrogen-bond acceptors (Lipinski definition) is 3. The fraction of sp³-hybridized carbons (Fsp3) is 0.333. The van der Waals surface area contributed by atoms with Gasteiger partial charge in [0.05, 0.1) is 5.41 Å². The molecule has 0 unspecified atom stereocenters. The molecule has 5 rings (SSSR count). The third-order valence-electron chi connectivity index (χ3n) is 5.63. The van der Waals surface area contributed by atoms with Crippen molar-refractivity contribution in [1.82, 2.24) is 4.98 Å². The third-order valence-corrected chi connectivity index (χ3v) is 5.63. The number of hydrogen-bond donors (Lipinski definition) is 1. The van der Waals surface area contributed by atoms with Crippen molar-refractivity contribution < 1.29 is 13.6 Å². The van der Waals surface area contributed by atoms with Crippen LogP contribution >= 0.6 is 0 Å². The van der Waals surface area contributed by atoms with Gasteiger partial charge in [-0.05, 0) is 61.6 Å². The van der Waals surface area contributed by atoms with Gasteiger partial charge in [0.2, 0.25) is 5.91 Å². The zero-order chi connectivity index (χ0) is 17.7. The monoisotopic (exact) mass is 350 g/mol. The molecule has 2 aliphatic rings. The molecule has 2 aromatic carbocycles. The van der Waals surface area contributed by atoms with Crippen molar-refractivity contribution in [2.45, 2.75) is 43.4 Å². The van der Waals surface area contributed by atoms with E-state index in [1.54, 1.807) is 12.1 Å². The number of rotatable bonds is 4. The Bertz CT molecular complexity index is 985. The normalized spacial score (nSPS) is 18.5. The Balaban J connectivity index is 1.41. The summed E-state index contributed by atoms with van der Waals surface area (Å²) in [4.78, 5) is 17.6. The average Bonchev–Trinajstić information content (AvgIpc) is 3.35. The van der Waals surface area contributed by atoms with Crippen molar-refractivity contribution in [3.05, 3.63) is 59.7 Å². The summed E-state index contributed by atoms with van der Waals surface area (Å²) in [6.07, 6.45) is 4.83. The lowest BCUT2D eigenvalue weighted by Crippen LogP contribution is -2.46. The summed E-state index contributed by atoms with van der Waals surface area (Å²) in [5.41, 5.74) is 2.55. The van der Waals surface area contributed by atoms with Crippen molar-refractivity contribution >= 4 is 22.7 Å². The molecule has 2 fully saturated rings. The molecular weight excluding hydrogens is 331 g/mol. The van der Waals surface area contributed by atoms with Gasteiger partial charge in [-0.3, -0.25) is 4.79 Å². The Kier molecular flexibility index (Phi) is 3.39. The van der Waals surface area contributed by atoms with E-state index in [4.69, 9.17) is 4.42 Å². The number of carbonyl (C=O) groups excluding carboxylic acids is 1. The van der Waals surface area contributed by atoms with Gasteiger partial charge in [-0.2, -0.15) is 0 Å². The maximum Gasteiger partial charge on any atom is 0.235 e. The molecule has 1 N–H and O–H groups in total. The largest absolute Gasteiger partial charge is 0.440 e. The Hall–Kier alpha value is -2.69. The number of benzene rings is 2. The molecular formula is C21H19FN2O2. The number of nitrogens with one attached hydrogen (secondary N) is 1. The van der Waals surface area contributed by atoms with Crippen LogP contribution in [0.1, 0.15) is 49.5 Å². The zero-order valence-corrected chi connectivity index (χ0v) is 14.3. The Morgan fingerprint density at radius 2 is 1.92 bits per heavy atom. The lowest BCUT2D eigenvalue weighted by molar-refractivity contribution is -0.124. The Morgan fingerprint density at radius 3 is 2.58 bits per heavy atom. The first-order valence-electron chi connectivity index (χ1n) is 9.12. The highest BCUT2D eigenvalue weighted by Gasteiger charge is 2.45. The maximum atomic E-state index is 13.2. The minimum atomic E-state index is -0.564. The predicted octanol–water partition coefficient (Wildman–Crippen LogP) is 4.90. The van der Waals surface area contributed by atoms with Crippen molar-refractivity contribution in [2.24, 2.45) is 0 Å². The van der Waals surface area contributed by atoms with Crippen LogP contribution in [-0.4, -0.2) is 10.9 Å². The van der Waals surface area contributed by atoms with Gasteiger partial charge in [0.1, 0.15) is 11.3 Å². The number of halogens is 1. The van der Waals surface area contributed by atoms with Crippen LogP contribution in [0.15, 0.2) is 46.9 Å². The molecule has 0 spiro atoms. The Morgan fingerprint density at radius 1 is 1.15 bits per heavy atom. The van der Waals surface area contributed by atoms with Gasteiger partial charge in [-0.15, -0.1) is 0 Å². The molecule has 1 heterocycles. The molecule has 1 amide bonds. The first-order valence-corrected chi connectivity index (χ1v) is 9.12. The number of anilines is 1. The summed E-state index contributed by atoms with van der Waals surface area (Å²) in [5, 5.41) is 3.03. The van der Waals surface area contributed by atoms with E-state index >= 15 is 0 Å². The van der Waals surface area contributed by atoms with Crippen LogP contribution in [0.2, 0.25) is 0 Å². The minimum Gasteiger partial charge on any atom is -0.440 e. The summed E-state index contributed by atoms with van der Waals surface area (Å²) >= 11 is 0. The highest BCUT2D eigenvalue weighted by molar-refractivity contribution is 6.00. The van der Waals surface area contributed by atoms with Crippen LogP contribution < -0.4 is 5.32 Å². The second-order valence-corrected chi connectivity index (χ2v) is 7.41. The SMILES string of the molecule is O=C(Nc1ccc2oc(C3CC3)nc2c1)C1(c2ccc(F)cc2)CCC1. The second kappa shape index (κ2) is 5.66. The quantitative estimate of drug-likeness (QED) is 0.728. The first-order chi connectivity index (χ1) is 12.6. The molecule has 2 saturated carbocycles. The van der Waals surface area contributed by atoms with Crippen LogP contribution in [0.4, 0.5) is 10.1 Å². The van der Waals surface area contributed by atoms with E-state index < -0.39 is 5.41 Å². The van der Waals surface area contributed by atoms with E-state index in [1.165, 1.54) is 12.1 Å². The molecule has 0 saturated heterocycles. The van der Waals surface area contributed by atoms with Crippen molar-refractivity contribution in [1.29, 1.82) is 0 Å². The molecule has 4 nitrogen and oxygen atoms in total. The van der Waals surface area contributed by atoms with E-state index in [0.29, 0.717) is 11.6 Å². The Labute approximate surface area is 150 Å². The minimum absolute atomic E-state index is 0.0411. The fourth-order valence-electron chi connectivity index (χ4n) is 3.72. The van der Waals surface area contributed by atoms with E-state index in [9.17, 15) is 9.18 Å². The number of carbonyl (C=O) groups is 1. The standard InChI is InChI=1S/C21H19FN2O2/c22-15-6-4-14(5-7-15)21(10-1-11-21)20(25)23-16-8-9-18-17(12-16)24-19(26-18)13-2-3-13/h4-9,12-13H,1-3,10-11H2,(H,23,25). The third kappa shape index (κ3) is 2.50. The molecule has 0 radical (unpaired) electrons. The molecule has 0 aliphatic heterocycles. The molecule has 26 heavy (non-hydrogen) atoms. The van der Waals surface area contributed by atoms with Gasteiger partial charge < -0.3 is 9.73 Å². The topological polar surface area (TPSA) is 55.1 Å². The predicted molar refractivity (Wildman–Crippen MR) is 96.5 cm³/mol. The van der Waals surface area contributed by atoms with Gasteiger partial charge in [-0.1, -0.05) is 18.6 Å². The van der Waals surface area contributed by atoms with E-state index in [2.05, 4.69) is 10.3 Å². The van der Waals surface area contributed by atoms with Crippen LogP contribution in [0.3, 0.4) is 0 Å². The molecule has 132 valence electrons. The number of nitrogens with zero attached hydrogens (tertiary/aromatic N) is 1. The van der Waals surface area contributed by atoms with Gasteiger partial charge in [0.15, 0.2) is 11.5 Å². The molecule has 0 atom stereocenters. The zero-order valence-electron chi connectivity index (χ0n) is 14.3. The van der Waals surface area contributed by atoms with Gasteiger partial charge >= 0.3 is 0 Å². The van der Waals surface area contributed by atoms with Crippen LogP contribution in [-0.2, 0) is 10.2 Å². The molecule has 5 heteroatoms. The highest BCUT2D eigenvalue weighted by atomic mass is 19.1. The number of oxazole rings is 1. The summed E-state index contributed by atoms with van der Waals surface area (Å²) in [7, 11) is 0. The summed E-state index contributed by atoms with van der Waals surface area (Å²) in [6, 6.07) is 11.8. The second-order valence-electron chi connectivity index (χ2n) is 7.41. The average molecular weight is 350 g/mol. The molecule has 0 bridgehead atoms. The number of fused-ring (bicyclic) bond motifs is 1. The van der Waals surface area contributed by atoms with Gasteiger partial charge in [0.25, 0.3) is 0 Å². The van der Waals surface area contributed by atoms with Crippen LogP contribution in [0.25, 0.3) is 11.1 Å².